The quantitative estimate of drug-likeness (QED) is 0.440. The van der Waals surface area contributed by atoms with Crippen LogP contribution in [0.15, 0.2) is 52.9 Å². The van der Waals surface area contributed by atoms with Gasteiger partial charge >= 0.3 is 0 Å². The molecule has 0 bridgehead atoms. The van der Waals surface area contributed by atoms with Crippen molar-refractivity contribution in [1.82, 2.24) is 20.5 Å². The van der Waals surface area contributed by atoms with Crippen molar-refractivity contribution in [1.29, 1.82) is 0 Å². The van der Waals surface area contributed by atoms with Crippen LogP contribution in [0.1, 0.15) is 29.3 Å². The highest BCUT2D eigenvalue weighted by Crippen LogP contribution is 2.22. The molecule has 6 nitrogen and oxygen atoms in total. The van der Waals surface area contributed by atoms with Crippen LogP contribution in [0.4, 0.5) is 0 Å². The first kappa shape index (κ1) is 19.3. The zero-order valence-corrected chi connectivity index (χ0v) is 17.0. The molecular formula is C22H22N4O2S. The highest BCUT2D eigenvalue weighted by Gasteiger charge is 2.10. The predicted molar refractivity (Wildman–Crippen MR) is 114 cm³/mol. The number of fused-ring (bicyclic) bond motifs is 1. The van der Waals surface area contributed by atoms with Crippen molar-refractivity contribution in [2.45, 2.75) is 32.6 Å². The summed E-state index contributed by atoms with van der Waals surface area (Å²) >= 11 is 1.71. The van der Waals surface area contributed by atoms with Crippen molar-refractivity contribution < 1.29 is 9.21 Å². The smallest absolute Gasteiger partial charge is 0.247 e. The Bertz CT molecular complexity index is 1070. The van der Waals surface area contributed by atoms with Crippen molar-refractivity contribution in [2.24, 2.45) is 0 Å². The maximum absolute atomic E-state index is 12.1. The van der Waals surface area contributed by atoms with Crippen molar-refractivity contribution in [2.75, 3.05) is 6.54 Å². The van der Waals surface area contributed by atoms with E-state index in [0.717, 1.165) is 28.9 Å². The average Bonchev–Trinajstić information content (AvgIpc) is 3.37. The molecule has 7 heteroatoms. The summed E-state index contributed by atoms with van der Waals surface area (Å²) in [4.78, 5) is 16.7. The summed E-state index contributed by atoms with van der Waals surface area (Å²) in [5.41, 5.74) is 3.10. The highest BCUT2D eigenvalue weighted by atomic mass is 32.1. The number of aryl methyl sites for hydroxylation is 3. The summed E-state index contributed by atoms with van der Waals surface area (Å²) in [6.07, 6.45) is 2.49. The Balaban J connectivity index is 1.19. The van der Waals surface area contributed by atoms with E-state index in [1.54, 1.807) is 11.3 Å². The van der Waals surface area contributed by atoms with Crippen LogP contribution in [0, 0.1) is 6.92 Å². The first-order valence-electron chi connectivity index (χ1n) is 9.68. The van der Waals surface area contributed by atoms with Crippen LogP contribution in [-0.2, 0) is 17.6 Å². The molecule has 1 amide bonds. The number of amides is 1. The molecule has 29 heavy (non-hydrogen) atoms. The topological polar surface area (TPSA) is 80.9 Å². The Hall–Kier alpha value is -3.06. The van der Waals surface area contributed by atoms with E-state index in [0.29, 0.717) is 31.2 Å². The Morgan fingerprint density at radius 3 is 2.72 bits per heavy atom. The third-order valence-corrected chi connectivity index (χ3v) is 5.66. The normalized spacial score (nSPS) is 11.1. The number of aromatic nitrogens is 3. The average molecular weight is 407 g/mol. The second-order valence-electron chi connectivity index (χ2n) is 6.90. The fourth-order valence-electron chi connectivity index (χ4n) is 2.97. The second kappa shape index (κ2) is 8.96. The van der Waals surface area contributed by atoms with Gasteiger partial charge in [-0.05, 0) is 37.6 Å². The molecule has 0 aliphatic heterocycles. The lowest BCUT2D eigenvalue weighted by molar-refractivity contribution is -0.121. The third kappa shape index (κ3) is 5.06. The summed E-state index contributed by atoms with van der Waals surface area (Å²) in [6, 6.07) is 16.0. The molecule has 2 heterocycles. The maximum atomic E-state index is 12.1. The molecule has 0 fully saturated rings. The Morgan fingerprint density at radius 2 is 1.90 bits per heavy atom. The number of rotatable bonds is 8. The molecule has 0 saturated heterocycles. The fraction of sp³-hybridized carbons (Fsp3) is 0.273. The number of nitrogens with one attached hydrogen (secondary N) is 1. The van der Waals surface area contributed by atoms with Crippen LogP contribution in [0.25, 0.3) is 21.7 Å². The number of hydrogen-bond donors (Lipinski definition) is 1. The summed E-state index contributed by atoms with van der Waals surface area (Å²) in [5, 5.41) is 12.2. The second-order valence-corrected chi connectivity index (χ2v) is 8.01. The summed E-state index contributed by atoms with van der Waals surface area (Å²) in [6.45, 7) is 2.66. The zero-order chi connectivity index (χ0) is 20.1. The van der Waals surface area contributed by atoms with Gasteiger partial charge in [0.1, 0.15) is 0 Å². The number of hydrogen-bond acceptors (Lipinski definition) is 6. The van der Waals surface area contributed by atoms with E-state index in [1.165, 1.54) is 10.3 Å². The van der Waals surface area contributed by atoms with Gasteiger partial charge in [-0.25, -0.2) is 4.98 Å². The van der Waals surface area contributed by atoms with Gasteiger partial charge in [0.25, 0.3) is 0 Å². The van der Waals surface area contributed by atoms with E-state index in [-0.39, 0.29) is 5.91 Å². The number of thiazole rings is 1. The van der Waals surface area contributed by atoms with Crippen molar-refractivity contribution in [3.8, 4) is 11.5 Å². The molecule has 0 spiro atoms. The first-order valence-corrected chi connectivity index (χ1v) is 10.5. The predicted octanol–water partition coefficient (Wildman–Crippen LogP) is 4.34. The largest absolute Gasteiger partial charge is 0.421 e. The van der Waals surface area contributed by atoms with Gasteiger partial charge in [0, 0.05) is 31.4 Å². The van der Waals surface area contributed by atoms with Crippen LogP contribution >= 0.6 is 11.3 Å². The van der Waals surface area contributed by atoms with Gasteiger partial charge in [0.05, 0.1) is 15.2 Å². The Kier molecular flexibility index (Phi) is 5.95. The van der Waals surface area contributed by atoms with Crippen LogP contribution in [0.2, 0.25) is 0 Å². The van der Waals surface area contributed by atoms with Crippen LogP contribution in [-0.4, -0.2) is 27.6 Å². The van der Waals surface area contributed by atoms with Crippen LogP contribution in [0.3, 0.4) is 0 Å². The van der Waals surface area contributed by atoms with Crippen molar-refractivity contribution >= 4 is 27.5 Å². The fourth-order valence-corrected chi connectivity index (χ4v) is 3.98. The van der Waals surface area contributed by atoms with E-state index in [9.17, 15) is 4.79 Å². The molecule has 2 aromatic carbocycles. The minimum absolute atomic E-state index is 0.00983. The molecule has 0 unspecified atom stereocenters. The molecule has 0 radical (unpaired) electrons. The molecule has 0 aliphatic carbocycles. The number of para-hydroxylation sites is 1. The molecule has 0 aliphatic rings. The lowest BCUT2D eigenvalue weighted by atomic mass is 10.1. The number of carbonyl (C=O) groups is 1. The standard InChI is InChI=1S/C22H22N4O2S/c1-15-8-10-16(11-9-15)22-26-25-20(28-22)13-12-19(27)23-14-4-7-21-24-17-5-2-3-6-18(17)29-21/h2-3,5-6,8-11H,4,7,12-14H2,1H3,(H,23,27). The number of benzene rings is 2. The van der Waals surface area contributed by atoms with E-state index >= 15 is 0 Å². The van der Waals surface area contributed by atoms with Gasteiger partial charge in [-0.2, -0.15) is 0 Å². The van der Waals surface area contributed by atoms with Gasteiger partial charge in [0.15, 0.2) is 0 Å². The summed E-state index contributed by atoms with van der Waals surface area (Å²) in [5.74, 6) is 0.950. The van der Waals surface area contributed by atoms with E-state index in [2.05, 4.69) is 26.6 Å². The SMILES string of the molecule is Cc1ccc(-c2nnc(CCC(=O)NCCCc3nc4ccccc4s3)o2)cc1. The first-order chi connectivity index (χ1) is 14.2. The molecule has 148 valence electrons. The van der Waals surface area contributed by atoms with E-state index < -0.39 is 0 Å². The lowest BCUT2D eigenvalue weighted by Crippen LogP contribution is -2.25. The molecule has 0 atom stereocenters. The van der Waals surface area contributed by atoms with E-state index in [4.69, 9.17) is 4.42 Å². The number of nitrogens with zero attached hydrogens (tertiary/aromatic N) is 3. The Morgan fingerprint density at radius 1 is 1.07 bits per heavy atom. The minimum Gasteiger partial charge on any atom is -0.421 e. The van der Waals surface area contributed by atoms with Gasteiger partial charge in [0.2, 0.25) is 17.7 Å². The molecule has 2 aromatic heterocycles. The van der Waals surface area contributed by atoms with Crippen LogP contribution < -0.4 is 5.32 Å². The summed E-state index contributed by atoms with van der Waals surface area (Å²) in [7, 11) is 0. The Labute approximate surface area is 173 Å². The van der Waals surface area contributed by atoms with Gasteiger partial charge in [-0.15, -0.1) is 21.5 Å². The highest BCUT2D eigenvalue weighted by molar-refractivity contribution is 7.18. The lowest BCUT2D eigenvalue weighted by Gasteiger charge is -2.03. The van der Waals surface area contributed by atoms with Gasteiger partial charge < -0.3 is 9.73 Å². The minimum atomic E-state index is -0.00983. The molecule has 0 saturated carbocycles. The third-order valence-electron chi connectivity index (χ3n) is 4.56. The summed E-state index contributed by atoms with van der Waals surface area (Å²) < 4.78 is 6.87. The molecule has 4 rings (SSSR count). The molecule has 1 N–H and O–H groups in total. The zero-order valence-electron chi connectivity index (χ0n) is 16.2. The van der Waals surface area contributed by atoms with Crippen molar-refractivity contribution in [3.05, 3.63) is 65.0 Å². The van der Waals surface area contributed by atoms with Crippen molar-refractivity contribution in [3.63, 3.8) is 0 Å². The number of carbonyl (C=O) groups excluding carboxylic acids is 1. The maximum Gasteiger partial charge on any atom is 0.247 e. The molecular weight excluding hydrogens is 384 g/mol. The monoisotopic (exact) mass is 406 g/mol. The van der Waals surface area contributed by atoms with Gasteiger partial charge in [-0.1, -0.05) is 29.8 Å². The van der Waals surface area contributed by atoms with Gasteiger partial charge in [-0.3, -0.25) is 4.79 Å². The van der Waals surface area contributed by atoms with E-state index in [1.807, 2.05) is 49.4 Å². The molecule has 4 aromatic rings. The van der Waals surface area contributed by atoms with Crippen LogP contribution in [0.5, 0.6) is 0 Å².